The van der Waals surface area contributed by atoms with Crippen LogP contribution < -0.4 is 0 Å². The minimum absolute atomic E-state index is 0.332. The molecule has 0 spiro atoms. The van der Waals surface area contributed by atoms with Crippen molar-refractivity contribution >= 4 is 21.4 Å². The zero-order chi connectivity index (χ0) is 10.3. The van der Waals surface area contributed by atoms with E-state index in [9.17, 15) is 4.39 Å². The van der Waals surface area contributed by atoms with Crippen LogP contribution in [-0.2, 0) is 9.47 Å². The molecule has 0 N–H and O–H groups in total. The first-order valence-electron chi connectivity index (χ1n) is 4.62. The van der Waals surface area contributed by atoms with Gasteiger partial charge in [-0.1, -0.05) is 0 Å². The molecule has 0 unspecified atom stereocenters. The smallest absolute Gasteiger partial charge is 0.230 e. The highest BCUT2D eigenvalue weighted by Crippen LogP contribution is 2.34. The van der Waals surface area contributed by atoms with Crippen LogP contribution in [0.15, 0.2) is 18.3 Å². The van der Waals surface area contributed by atoms with Gasteiger partial charge in [0.05, 0.1) is 22.8 Å². The van der Waals surface area contributed by atoms with E-state index in [1.54, 1.807) is 6.07 Å². The van der Waals surface area contributed by atoms with Crippen molar-refractivity contribution in [1.82, 2.24) is 4.98 Å². The molecular formula is C10H8FNO2S. The van der Waals surface area contributed by atoms with Gasteiger partial charge in [-0.25, -0.2) is 4.98 Å². The highest BCUT2D eigenvalue weighted by molar-refractivity contribution is 7.19. The summed E-state index contributed by atoms with van der Waals surface area (Å²) in [6, 6.07) is 3.67. The fraction of sp³-hybridized carbons (Fsp3) is 0.300. The molecule has 0 amide bonds. The second-order valence-electron chi connectivity index (χ2n) is 3.24. The molecule has 3 heterocycles. The Labute approximate surface area is 89.5 Å². The van der Waals surface area contributed by atoms with E-state index >= 15 is 0 Å². The summed E-state index contributed by atoms with van der Waals surface area (Å²) in [5.41, 5.74) is 0. The van der Waals surface area contributed by atoms with Gasteiger partial charge < -0.3 is 9.47 Å². The number of halogens is 1. The average molecular weight is 225 g/mol. The summed E-state index contributed by atoms with van der Waals surface area (Å²) >= 11 is 1.33. The largest absolute Gasteiger partial charge is 0.345 e. The number of nitrogens with zero attached hydrogens (tertiary/aromatic N) is 1. The van der Waals surface area contributed by atoms with Crippen LogP contribution in [0, 0.1) is 5.95 Å². The quantitative estimate of drug-likeness (QED) is 0.699. The zero-order valence-corrected chi connectivity index (χ0v) is 8.59. The number of hydrogen-bond donors (Lipinski definition) is 0. The van der Waals surface area contributed by atoms with Crippen molar-refractivity contribution in [2.24, 2.45) is 0 Å². The molecule has 2 aromatic rings. The van der Waals surface area contributed by atoms with Crippen LogP contribution in [0.1, 0.15) is 11.2 Å². The first kappa shape index (κ1) is 9.21. The Morgan fingerprint density at radius 2 is 2.20 bits per heavy atom. The standard InChI is InChI=1S/C10H8FNO2S/c11-9-8-6(1-2-12-9)5-7(15-8)10-13-3-4-14-10/h1-2,5,10H,3-4H2. The Kier molecular flexibility index (Phi) is 2.16. The van der Waals surface area contributed by atoms with Crippen LogP contribution >= 0.6 is 11.3 Å². The molecular weight excluding hydrogens is 217 g/mol. The van der Waals surface area contributed by atoms with Crippen LogP contribution in [0.3, 0.4) is 0 Å². The van der Waals surface area contributed by atoms with Crippen molar-refractivity contribution in [3.8, 4) is 0 Å². The van der Waals surface area contributed by atoms with E-state index in [4.69, 9.17) is 9.47 Å². The Morgan fingerprint density at radius 3 is 2.93 bits per heavy atom. The van der Waals surface area contributed by atoms with Gasteiger partial charge in [0.15, 0.2) is 6.29 Å². The van der Waals surface area contributed by atoms with Crippen LogP contribution in [0.4, 0.5) is 4.39 Å². The summed E-state index contributed by atoms with van der Waals surface area (Å²) in [6.45, 7) is 1.19. The molecule has 15 heavy (non-hydrogen) atoms. The molecule has 3 nitrogen and oxygen atoms in total. The highest BCUT2D eigenvalue weighted by atomic mass is 32.1. The maximum atomic E-state index is 13.3. The maximum Gasteiger partial charge on any atom is 0.230 e. The van der Waals surface area contributed by atoms with E-state index in [1.807, 2.05) is 6.07 Å². The number of thiophene rings is 1. The summed E-state index contributed by atoms with van der Waals surface area (Å²) in [5.74, 6) is -0.429. The monoisotopic (exact) mass is 225 g/mol. The number of ether oxygens (including phenoxy) is 2. The van der Waals surface area contributed by atoms with Crippen LogP contribution in [-0.4, -0.2) is 18.2 Å². The molecule has 1 saturated heterocycles. The fourth-order valence-corrected chi connectivity index (χ4v) is 2.63. The van der Waals surface area contributed by atoms with Crippen molar-refractivity contribution < 1.29 is 13.9 Å². The van der Waals surface area contributed by atoms with Gasteiger partial charge in [0.1, 0.15) is 0 Å². The highest BCUT2D eigenvalue weighted by Gasteiger charge is 2.21. The minimum Gasteiger partial charge on any atom is -0.345 e. The van der Waals surface area contributed by atoms with Gasteiger partial charge in [0, 0.05) is 6.20 Å². The fourth-order valence-electron chi connectivity index (χ4n) is 1.59. The van der Waals surface area contributed by atoms with Gasteiger partial charge in [0.2, 0.25) is 5.95 Å². The lowest BCUT2D eigenvalue weighted by Gasteiger charge is -2.03. The molecule has 1 aliphatic rings. The third-order valence-electron chi connectivity index (χ3n) is 2.26. The number of pyridine rings is 1. The molecule has 3 rings (SSSR count). The van der Waals surface area contributed by atoms with Gasteiger partial charge in [-0.15, -0.1) is 11.3 Å². The Morgan fingerprint density at radius 1 is 1.40 bits per heavy atom. The molecule has 1 fully saturated rings. The topological polar surface area (TPSA) is 31.4 Å². The first-order valence-corrected chi connectivity index (χ1v) is 5.43. The molecule has 0 saturated carbocycles. The van der Waals surface area contributed by atoms with E-state index in [2.05, 4.69) is 4.98 Å². The minimum atomic E-state index is -0.429. The summed E-state index contributed by atoms with van der Waals surface area (Å²) in [4.78, 5) is 4.51. The number of aromatic nitrogens is 1. The third-order valence-corrected chi connectivity index (χ3v) is 3.42. The predicted octanol–water partition coefficient (Wildman–Crippen LogP) is 2.48. The van der Waals surface area contributed by atoms with E-state index in [0.717, 1.165) is 10.3 Å². The lowest BCUT2D eigenvalue weighted by Crippen LogP contribution is -1.93. The predicted molar refractivity (Wildman–Crippen MR) is 54.2 cm³/mol. The molecule has 2 aromatic heterocycles. The molecule has 0 aliphatic carbocycles. The van der Waals surface area contributed by atoms with Crippen LogP contribution in [0.25, 0.3) is 10.1 Å². The van der Waals surface area contributed by atoms with Crippen molar-refractivity contribution in [3.63, 3.8) is 0 Å². The lowest BCUT2D eigenvalue weighted by atomic mass is 10.3. The van der Waals surface area contributed by atoms with Crippen molar-refractivity contribution in [1.29, 1.82) is 0 Å². The van der Waals surface area contributed by atoms with Gasteiger partial charge in [0.25, 0.3) is 0 Å². The molecule has 1 aliphatic heterocycles. The SMILES string of the molecule is Fc1nccc2cc(C3OCCO3)sc12. The first-order chi connectivity index (χ1) is 7.34. The van der Waals surface area contributed by atoms with Crippen molar-refractivity contribution in [2.45, 2.75) is 6.29 Å². The molecule has 0 radical (unpaired) electrons. The normalized spacial score (nSPS) is 17.7. The Hall–Kier alpha value is -1.04. The lowest BCUT2D eigenvalue weighted by molar-refractivity contribution is -0.0412. The average Bonchev–Trinajstić information content (AvgIpc) is 2.86. The van der Waals surface area contributed by atoms with Crippen LogP contribution in [0.5, 0.6) is 0 Å². The number of rotatable bonds is 1. The number of hydrogen-bond acceptors (Lipinski definition) is 4. The Bertz CT molecular complexity index is 493. The van der Waals surface area contributed by atoms with Crippen molar-refractivity contribution in [3.05, 3.63) is 29.2 Å². The second-order valence-corrected chi connectivity index (χ2v) is 4.33. The number of fused-ring (bicyclic) bond motifs is 1. The maximum absolute atomic E-state index is 13.3. The summed E-state index contributed by atoms with van der Waals surface area (Å²) < 4.78 is 24.6. The van der Waals surface area contributed by atoms with E-state index < -0.39 is 5.95 Å². The summed E-state index contributed by atoms with van der Waals surface area (Å²) in [5, 5.41) is 0.849. The summed E-state index contributed by atoms with van der Waals surface area (Å²) in [7, 11) is 0. The van der Waals surface area contributed by atoms with Gasteiger partial charge >= 0.3 is 0 Å². The van der Waals surface area contributed by atoms with Gasteiger partial charge in [-0.2, -0.15) is 4.39 Å². The molecule has 5 heteroatoms. The van der Waals surface area contributed by atoms with E-state index in [-0.39, 0.29) is 6.29 Å². The van der Waals surface area contributed by atoms with E-state index in [1.165, 1.54) is 17.5 Å². The Balaban J connectivity index is 2.09. The third kappa shape index (κ3) is 1.52. The molecule has 78 valence electrons. The molecule has 0 bridgehead atoms. The van der Waals surface area contributed by atoms with Crippen molar-refractivity contribution in [2.75, 3.05) is 13.2 Å². The van der Waals surface area contributed by atoms with Gasteiger partial charge in [-0.3, -0.25) is 0 Å². The van der Waals surface area contributed by atoms with E-state index in [0.29, 0.717) is 17.9 Å². The zero-order valence-electron chi connectivity index (χ0n) is 7.77. The van der Waals surface area contributed by atoms with Crippen LogP contribution in [0.2, 0.25) is 0 Å². The second kappa shape index (κ2) is 3.52. The summed E-state index contributed by atoms with van der Waals surface area (Å²) in [6.07, 6.45) is 1.13. The molecule has 0 aromatic carbocycles. The van der Waals surface area contributed by atoms with Gasteiger partial charge in [-0.05, 0) is 17.5 Å². The molecule has 0 atom stereocenters.